The SMILES string of the molecule is COCC(O)CN(C)C(=O)c1cc(C)c(C)cc1Cl. The lowest BCUT2D eigenvalue weighted by Gasteiger charge is -2.21. The van der Waals surface area contributed by atoms with E-state index in [0.717, 1.165) is 11.1 Å². The number of amides is 1. The number of hydrogen-bond donors (Lipinski definition) is 1. The number of benzene rings is 1. The van der Waals surface area contributed by atoms with Gasteiger partial charge in [-0.1, -0.05) is 11.6 Å². The molecule has 1 atom stereocenters. The maximum atomic E-state index is 12.3. The van der Waals surface area contributed by atoms with Crippen molar-refractivity contribution in [3.8, 4) is 0 Å². The van der Waals surface area contributed by atoms with Gasteiger partial charge in [-0.15, -0.1) is 0 Å². The molecule has 0 aromatic heterocycles. The lowest BCUT2D eigenvalue weighted by atomic mass is 10.1. The Kier molecular flexibility index (Phi) is 5.79. The molecule has 1 N–H and O–H groups in total. The Bertz CT molecular complexity index is 462. The molecule has 19 heavy (non-hydrogen) atoms. The second-order valence-electron chi connectivity index (χ2n) is 4.71. The van der Waals surface area contributed by atoms with Gasteiger partial charge < -0.3 is 14.7 Å². The lowest BCUT2D eigenvalue weighted by molar-refractivity contribution is 0.0380. The standard InChI is InChI=1S/C14H20ClNO3/c1-9-5-12(13(15)6-10(9)2)14(18)16(3)7-11(17)8-19-4/h5-6,11,17H,7-8H2,1-4H3. The van der Waals surface area contributed by atoms with E-state index in [2.05, 4.69) is 0 Å². The Morgan fingerprint density at radius 1 is 1.42 bits per heavy atom. The van der Waals surface area contributed by atoms with Gasteiger partial charge in [0.25, 0.3) is 5.91 Å². The molecule has 0 fully saturated rings. The summed E-state index contributed by atoms with van der Waals surface area (Å²) in [5.74, 6) is -0.205. The van der Waals surface area contributed by atoms with Gasteiger partial charge in [0, 0.05) is 20.7 Å². The number of methoxy groups -OCH3 is 1. The van der Waals surface area contributed by atoms with Gasteiger partial charge in [0.2, 0.25) is 0 Å². The first-order valence-electron chi connectivity index (χ1n) is 6.06. The molecule has 0 heterocycles. The number of ether oxygens (including phenoxy) is 1. The van der Waals surface area contributed by atoms with Crippen LogP contribution in [0.2, 0.25) is 5.02 Å². The average molecular weight is 286 g/mol. The third kappa shape index (κ3) is 4.20. The number of nitrogens with zero attached hydrogens (tertiary/aromatic N) is 1. The van der Waals surface area contributed by atoms with Gasteiger partial charge in [-0.05, 0) is 37.1 Å². The molecule has 0 aliphatic rings. The highest BCUT2D eigenvalue weighted by molar-refractivity contribution is 6.33. The van der Waals surface area contributed by atoms with Gasteiger partial charge in [0.15, 0.2) is 0 Å². The zero-order valence-corrected chi connectivity index (χ0v) is 12.5. The van der Waals surface area contributed by atoms with Crippen molar-refractivity contribution in [3.05, 3.63) is 33.8 Å². The van der Waals surface area contributed by atoms with Crippen LogP contribution in [-0.2, 0) is 4.74 Å². The van der Waals surface area contributed by atoms with E-state index in [1.807, 2.05) is 13.8 Å². The zero-order chi connectivity index (χ0) is 14.6. The molecule has 0 aliphatic carbocycles. The Morgan fingerprint density at radius 2 is 2.00 bits per heavy atom. The first-order valence-corrected chi connectivity index (χ1v) is 6.43. The first-order chi connectivity index (χ1) is 8.86. The second-order valence-corrected chi connectivity index (χ2v) is 5.12. The quantitative estimate of drug-likeness (QED) is 0.901. The highest BCUT2D eigenvalue weighted by Gasteiger charge is 2.18. The van der Waals surface area contributed by atoms with Crippen molar-refractivity contribution in [2.75, 3.05) is 27.3 Å². The van der Waals surface area contributed by atoms with E-state index < -0.39 is 6.10 Å². The molecule has 1 amide bonds. The zero-order valence-electron chi connectivity index (χ0n) is 11.7. The number of carbonyl (C=O) groups excluding carboxylic acids is 1. The fraction of sp³-hybridized carbons (Fsp3) is 0.500. The van der Waals surface area contributed by atoms with E-state index in [1.54, 1.807) is 19.2 Å². The van der Waals surface area contributed by atoms with Crippen LogP contribution in [0.1, 0.15) is 21.5 Å². The maximum Gasteiger partial charge on any atom is 0.255 e. The Labute approximate surface area is 118 Å². The van der Waals surface area contributed by atoms with Crippen LogP contribution in [0.3, 0.4) is 0 Å². The summed E-state index contributed by atoms with van der Waals surface area (Å²) in [4.78, 5) is 13.7. The first kappa shape index (κ1) is 16.0. The Hall–Kier alpha value is -1.10. The number of aliphatic hydroxyl groups excluding tert-OH is 1. The summed E-state index contributed by atoms with van der Waals surface area (Å²) in [5, 5.41) is 10.1. The summed E-state index contributed by atoms with van der Waals surface area (Å²) in [6.45, 7) is 4.28. The van der Waals surface area contributed by atoms with E-state index in [4.69, 9.17) is 16.3 Å². The Morgan fingerprint density at radius 3 is 2.58 bits per heavy atom. The molecule has 1 aromatic rings. The molecule has 0 saturated heterocycles. The number of aryl methyl sites for hydroxylation is 2. The predicted molar refractivity (Wildman–Crippen MR) is 75.8 cm³/mol. The summed E-state index contributed by atoms with van der Waals surface area (Å²) in [7, 11) is 3.14. The number of hydrogen-bond acceptors (Lipinski definition) is 3. The highest BCUT2D eigenvalue weighted by atomic mass is 35.5. The molecular formula is C14H20ClNO3. The summed E-state index contributed by atoms with van der Waals surface area (Å²) < 4.78 is 4.83. The summed E-state index contributed by atoms with van der Waals surface area (Å²) in [6.07, 6.45) is -0.704. The highest BCUT2D eigenvalue weighted by Crippen LogP contribution is 2.22. The molecule has 1 aromatic carbocycles. The van der Waals surface area contributed by atoms with Crippen molar-refractivity contribution in [1.82, 2.24) is 4.90 Å². The molecule has 4 nitrogen and oxygen atoms in total. The summed E-state index contributed by atoms with van der Waals surface area (Å²) in [6, 6.07) is 3.56. The average Bonchev–Trinajstić information content (AvgIpc) is 2.33. The monoisotopic (exact) mass is 285 g/mol. The number of likely N-dealkylation sites (N-methyl/N-ethyl adjacent to an activating group) is 1. The van der Waals surface area contributed by atoms with Crippen molar-refractivity contribution in [1.29, 1.82) is 0 Å². The van der Waals surface area contributed by atoms with Crippen LogP contribution in [0.25, 0.3) is 0 Å². The topological polar surface area (TPSA) is 49.8 Å². The molecule has 0 bridgehead atoms. The maximum absolute atomic E-state index is 12.3. The van der Waals surface area contributed by atoms with Crippen molar-refractivity contribution >= 4 is 17.5 Å². The van der Waals surface area contributed by atoms with Gasteiger partial charge in [-0.2, -0.15) is 0 Å². The molecule has 0 spiro atoms. The van der Waals surface area contributed by atoms with Crippen LogP contribution >= 0.6 is 11.6 Å². The van der Waals surface area contributed by atoms with E-state index in [1.165, 1.54) is 12.0 Å². The molecule has 1 rings (SSSR count). The summed E-state index contributed by atoms with van der Waals surface area (Å²) >= 11 is 6.10. The molecule has 5 heteroatoms. The van der Waals surface area contributed by atoms with Gasteiger partial charge in [-0.25, -0.2) is 0 Å². The summed E-state index contributed by atoms with van der Waals surface area (Å²) in [5.41, 5.74) is 2.51. The van der Waals surface area contributed by atoms with Crippen molar-refractivity contribution < 1.29 is 14.6 Å². The van der Waals surface area contributed by atoms with E-state index >= 15 is 0 Å². The third-order valence-electron chi connectivity index (χ3n) is 3.00. The third-order valence-corrected chi connectivity index (χ3v) is 3.32. The van der Waals surface area contributed by atoms with Crippen molar-refractivity contribution in [2.24, 2.45) is 0 Å². The minimum absolute atomic E-state index is 0.193. The number of aliphatic hydroxyl groups is 1. The molecular weight excluding hydrogens is 266 g/mol. The number of carbonyl (C=O) groups is 1. The fourth-order valence-corrected chi connectivity index (χ4v) is 2.09. The van der Waals surface area contributed by atoms with Gasteiger partial charge in [0.05, 0.1) is 23.3 Å². The van der Waals surface area contributed by atoms with Crippen LogP contribution in [0.15, 0.2) is 12.1 Å². The minimum Gasteiger partial charge on any atom is -0.389 e. The lowest BCUT2D eigenvalue weighted by Crippen LogP contribution is -2.36. The van der Waals surface area contributed by atoms with Crippen LogP contribution in [-0.4, -0.2) is 49.3 Å². The van der Waals surface area contributed by atoms with Gasteiger partial charge in [-0.3, -0.25) is 4.79 Å². The smallest absolute Gasteiger partial charge is 0.255 e. The largest absolute Gasteiger partial charge is 0.389 e. The molecule has 106 valence electrons. The van der Waals surface area contributed by atoms with Crippen LogP contribution in [0, 0.1) is 13.8 Å². The van der Waals surface area contributed by atoms with Gasteiger partial charge in [0.1, 0.15) is 0 Å². The molecule has 0 radical (unpaired) electrons. The van der Waals surface area contributed by atoms with Crippen molar-refractivity contribution in [3.63, 3.8) is 0 Å². The van der Waals surface area contributed by atoms with E-state index in [9.17, 15) is 9.90 Å². The second kappa shape index (κ2) is 6.89. The molecule has 0 saturated carbocycles. The van der Waals surface area contributed by atoms with Crippen LogP contribution < -0.4 is 0 Å². The van der Waals surface area contributed by atoms with Crippen LogP contribution in [0.5, 0.6) is 0 Å². The minimum atomic E-state index is -0.704. The Balaban J connectivity index is 2.85. The van der Waals surface area contributed by atoms with Crippen molar-refractivity contribution in [2.45, 2.75) is 20.0 Å². The van der Waals surface area contributed by atoms with Gasteiger partial charge >= 0.3 is 0 Å². The van der Waals surface area contributed by atoms with Crippen LogP contribution in [0.4, 0.5) is 0 Å². The molecule has 1 unspecified atom stereocenters. The normalized spacial score (nSPS) is 12.3. The number of halogens is 1. The fourth-order valence-electron chi connectivity index (χ4n) is 1.79. The van der Waals surface area contributed by atoms with E-state index in [-0.39, 0.29) is 19.1 Å². The number of rotatable bonds is 5. The predicted octanol–water partition coefficient (Wildman–Crippen LogP) is 2.04. The van der Waals surface area contributed by atoms with E-state index in [0.29, 0.717) is 10.6 Å². The molecule has 0 aliphatic heterocycles.